The van der Waals surface area contributed by atoms with E-state index in [-0.39, 0.29) is 0 Å². The van der Waals surface area contributed by atoms with E-state index in [1.54, 1.807) is 0 Å². The topological polar surface area (TPSA) is 50.8 Å². The highest BCUT2D eigenvalue weighted by Gasteiger charge is 2.27. The van der Waals surface area contributed by atoms with Gasteiger partial charge in [0.25, 0.3) is 0 Å². The molecule has 0 amide bonds. The summed E-state index contributed by atoms with van der Waals surface area (Å²) in [6.45, 7) is 0. The molecular weight excluding hydrogens is 763 g/mol. The van der Waals surface area contributed by atoms with Gasteiger partial charge in [-0.15, -0.1) is 0 Å². The van der Waals surface area contributed by atoms with Crippen molar-refractivity contribution in [2.75, 3.05) is 4.90 Å². The lowest BCUT2D eigenvalue weighted by atomic mass is 9.85. The van der Waals surface area contributed by atoms with E-state index >= 15 is 0 Å². The van der Waals surface area contributed by atoms with Gasteiger partial charge < -0.3 is 4.90 Å². The predicted molar refractivity (Wildman–Crippen MR) is 264 cm³/mol. The summed E-state index contributed by atoms with van der Waals surface area (Å²) in [5.41, 5.74) is 8.85. The Hall–Kier alpha value is -8.76. The molecule has 0 heterocycles. The zero-order valence-corrected chi connectivity index (χ0v) is 33.9. The maximum absolute atomic E-state index is 9.98. The van der Waals surface area contributed by atoms with Crippen molar-refractivity contribution in [3.05, 3.63) is 211 Å². The van der Waals surface area contributed by atoms with Gasteiger partial charge in [-0.3, -0.25) is 0 Å². The van der Waals surface area contributed by atoms with Crippen molar-refractivity contribution in [2.24, 2.45) is 0 Å². The molecule has 288 valence electrons. The number of benzene rings is 11. The normalized spacial score (nSPS) is 11.8. The van der Waals surface area contributed by atoms with Crippen molar-refractivity contribution >= 4 is 103 Å². The minimum absolute atomic E-state index is 0.623. The Labute approximate surface area is 362 Å². The summed E-state index contributed by atoms with van der Waals surface area (Å²) in [4.78, 5) is 2.35. The molecule has 13 rings (SSSR count). The number of rotatable bonds is 5. The number of anilines is 3. The molecule has 0 aliphatic heterocycles. The van der Waals surface area contributed by atoms with Gasteiger partial charge in [-0.1, -0.05) is 121 Å². The number of fused-ring (bicyclic) bond motifs is 9. The van der Waals surface area contributed by atoms with Crippen LogP contribution in [0.3, 0.4) is 0 Å². The van der Waals surface area contributed by atoms with Crippen LogP contribution in [-0.2, 0) is 0 Å². The summed E-state index contributed by atoms with van der Waals surface area (Å²) in [5, 5.41) is 39.2. The lowest BCUT2D eigenvalue weighted by Crippen LogP contribution is -2.09. The Balaban J connectivity index is 1.27. The van der Waals surface area contributed by atoms with Crippen LogP contribution in [0.1, 0.15) is 11.1 Å². The zero-order valence-electron chi connectivity index (χ0n) is 33.9. The lowest BCUT2D eigenvalue weighted by molar-refractivity contribution is 1.29. The first kappa shape index (κ1) is 35.0. The van der Waals surface area contributed by atoms with Crippen molar-refractivity contribution in [1.82, 2.24) is 0 Å². The molecule has 0 aliphatic rings. The molecule has 0 N–H and O–H groups in total. The minimum atomic E-state index is 0.623. The van der Waals surface area contributed by atoms with Crippen LogP contribution in [0.15, 0.2) is 200 Å². The SMILES string of the molecule is N#Cc1ccc(-c2c3cc4c(cc3c(-c3ccc(C#N)cc3)c3c5cc(N(c6ccccc6)c6ccccc6)cc6cccc(c23)c65)c2cccc3c5ccccc5cc4c32)cc1. The Morgan fingerprint density at radius 2 is 0.778 bits per heavy atom. The van der Waals surface area contributed by atoms with Crippen LogP contribution in [0.5, 0.6) is 0 Å². The Bertz CT molecular complexity index is 4030. The Morgan fingerprint density at radius 1 is 0.286 bits per heavy atom. The second-order valence-corrected chi connectivity index (χ2v) is 16.6. The molecule has 13 aromatic rings. The largest absolute Gasteiger partial charge is 0.310 e. The van der Waals surface area contributed by atoms with Crippen molar-refractivity contribution in [3.63, 3.8) is 0 Å². The van der Waals surface area contributed by atoms with E-state index in [4.69, 9.17) is 0 Å². The molecule has 0 fully saturated rings. The maximum Gasteiger partial charge on any atom is 0.0991 e. The molecule has 63 heavy (non-hydrogen) atoms. The van der Waals surface area contributed by atoms with Crippen molar-refractivity contribution in [1.29, 1.82) is 10.5 Å². The van der Waals surface area contributed by atoms with Crippen molar-refractivity contribution in [2.45, 2.75) is 0 Å². The van der Waals surface area contributed by atoms with Gasteiger partial charge in [0.1, 0.15) is 0 Å². The van der Waals surface area contributed by atoms with Gasteiger partial charge in [-0.2, -0.15) is 10.5 Å². The summed E-state index contributed by atoms with van der Waals surface area (Å²) in [6.07, 6.45) is 0. The van der Waals surface area contributed by atoms with Crippen molar-refractivity contribution in [3.8, 4) is 34.4 Å². The highest BCUT2D eigenvalue weighted by atomic mass is 15.1. The smallest absolute Gasteiger partial charge is 0.0991 e. The first-order valence-electron chi connectivity index (χ1n) is 21.3. The fourth-order valence-corrected chi connectivity index (χ4v) is 10.7. The van der Waals surface area contributed by atoms with Crippen LogP contribution in [-0.4, -0.2) is 0 Å². The molecule has 0 saturated carbocycles. The number of nitrogens with zero attached hydrogens (tertiary/aromatic N) is 3. The van der Waals surface area contributed by atoms with E-state index in [0.717, 1.165) is 55.5 Å². The van der Waals surface area contributed by atoms with E-state index in [9.17, 15) is 10.5 Å². The van der Waals surface area contributed by atoms with Gasteiger partial charge in [0.15, 0.2) is 0 Å². The number of hydrogen-bond acceptors (Lipinski definition) is 3. The number of hydrogen-bond donors (Lipinski definition) is 0. The first-order chi connectivity index (χ1) is 31.2. The van der Waals surface area contributed by atoms with Gasteiger partial charge in [-0.25, -0.2) is 0 Å². The molecule has 3 nitrogen and oxygen atoms in total. The summed E-state index contributed by atoms with van der Waals surface area (Å²) in [5.74, 6) is 0. The first-order valence-corrected chi connectivity index (χ1v) is 21.3. The van der Waals surface area contributed by atoms with Crippen LogP contribution < -0.4 is 4.90 Å². The fourth-order valence-electron chi connectivity index (χ4n) is 10.7. The third kappa shape index (κ3) is 5.06. The van der Waals surface area contributed by atoms with Gasteiger partial charge in [0.05, 0.1) is 23.3 Å². The predicted octanol–water partition coefficient (Wildman–Crippen LogP) is 16.3. The molecule has 0 unspecified atom stereocenters. The zero-order chi connectivity index (χ0) is 41.8. The van der Waals surface area contributed by atoms with E-state index < -0.39 is 0 Å². The molecule has 3 heteroatoms. The maximum atomic E-state index is 9.98. The second-order valence-electron chi connectivity index (χ2n) is 16.6. The van der Waals surface area contributed by atoms with Gasteiger partial charge in [0, 0.05) is 17.1 Å². The molecule has 13 aromatic carbocycles. The molecule has 0 aliphatic carbocycles. The third-order valence-corrected chi connectivity index (χ3v) is 13.3. The molecule has 0 saturated heterocycles. The minimum Gasteiger partial charge on any atom is -0.310 e. The Kier molecular flexibility index (Phi) is 7.44. The molecule has 0 radical (unpaired) electrons. The summed E-state index contributed by atoms with van der Waals surface area (Å²) in [7, 11) is 0. The van der Waals surface area contributed by atoms with Crippen molar-refractivity contribution < 1.29 is 0 Å². The average molecular weight is 796 g/mol. The molecule has 0 spiro atoms. The van der Waals surface area contributed by atoms with Crippen LogP contribution in [0.2, 0.25) is 0 Å². The average Bonchev–Trinajstić information content (AvgIpc) is 3.84. The number of nitriles is 2. The van der Waals surface area contributed by atoms with Gasteiger partial charge in [0.2, 0.25) is 0 Å². The highest BCUT2D eigenvalue weighted by molar-refractivity contribution is 6.43. The molecule has 0 bridgehead atoms. The van der Waals surface area contributed by atoms with Crippen LogP contribution in [0.4, 0.5) is 17.1 Å². The third-order valence-electron chi connectivity index (χ3n) is 13.3. The van der Waals surface area contributed by atoms with Gasteiger partial charge in [-0.05, 0) is 187 Å². The molecule has 0 aromatic heterocycles. The Morgan fingerprint density at radius 3 is 1.40 bits per heavy atom. The molecule has 0 atom stereocenters. The second kappa shape index (κ2) is 13.4. The van der Waals surface area contributed by atoms with E-state index in [2.05, 4.69) is 193 Å². The number of para-hydroxylation sites is 2. The molecular formula is C60H33N3. The monoisotopic (exact) mass is 795 g/mol. The standard InChI is InChI=1S/C60H33N3/c61-34-36-21-25-38(26-22-36)56-53-33-50-49(47-19-10-18-46-45-17-8-7-11-40(45)30-51(50)58(46)47)32-52(53)57(39-27-23-37(35-62)24-28-39)60-54-31-44(29-41-12-9-20-48(55(41)54)59(56)60)63(42-13-3-1-4-14-42)43-15-5-2-6-16-43/h1-33H. The van der Waals surface area contributed by atoms with Crippen LogP contribution in [0, 0.1) is 22.7 Å². The van der Waals surface area contributed by atoms with Crippen LogP contribution >= 0.6 is 0 Å². The van der Waals surface area contributed by atoms with E-state index in [1.807, 2.05) is 24.3 Å². The summed E-state index contributed by atoms with van der Waals surface area (Å²) < 4.78 is 0. The highest BCUT2D eigenvalue weighted by Crippen LogP contribution is 2.54. The van der Waals surface area contributed by atoms with Gasteiger partial charge >= 0.3 is 0 Å². The van der Waals surface area contributed by atoms with Crippen LogP contribution in [0.25, 0.3) is 108 Å². The summed E-state index contributed by atoms with van der Waals surface area (Å²) in [6, 6.07) is 76.2. The van der Waals surface area contributed by atoms with E-state index in [1.165, 1.54) is 70.0 Å². The van der Waals surface area contributed by atoms with E-state index in [0.29, 0.717) is 11.1 Å². The quantitative estimate of drug-likeness (QED) is 0.163. The summed E-state index contributed by atoms with van der Waals surface area (Å²) >= 11 is 0. The fraction of sp³-hybridized carbons (Fsp3) is 0. The lowest BCUT2D eigenvalue weighted by Gasteiger charge is -2.26.